The van der Waals surface area contributed by atoms with Crippen molar-refractivity contribution in [2.45, 2.75) is 64.3 Å². The van der Waals surface area contributed by atoms with Gasteiger partial charge in [-0.15, -0.1) is 0 Å². The number of fused-ring (bicyclic) bond motifs is 1. The molecule has 0 unspecified atom stereocenters. The van der Waals surface area contributed by atoms with Crippen molar-refractivity contribution in [3.8, 4) is 0 Å². The lowest BCUT2D eigenvalue weighted by Crippen LogP contribution is -2.55. The smallest absolute Gasteiger partial charge is 0.385 e. The monoisotopic (exact) mass is 512 g/mol. The lowest BCUT2D eigenvalue weighted by molar-refractivity contribution is -0.160. The maximum Gasteiger partial charge on any atom is 0.416 e. The first-order valence-corrected chi connectivity index (χ1v) is 12.6. The van der Waals surface area contributed by atoms with Gasteiger partial charge >= 0.3 is 6.18 Å². The zero-order chi connectivity index (χ0) is 26.6. The van der Waals surface area contributed by atoms with Gasteiger partial charge in [-0.25, -0.2) is 9.97 Å². The molecule has 0 bridgehead atoms. The van der Waals surface area contributed by atoms with Gasteiger partial charge < -0.3 is 15.3 Å². The van der Waals surface area contributed by atoms with E-state index in [1.807, 2.05) is 23.1 Å². The van der Waals surface area contributed by atoms with Crippen LogP contribution in [0.3, 0.4) is 0 Å². The summed E-state index contributed by atoms with van der Waals surface area (Å²) in [5, 5.41) is 15.5. The molecule has 2 heterocycles. The van der Waals surface area contributed by atoms with Crippen LogP contribution in [0.25, 0.3) is 10.9 Å². The van der Waals surface area contributed by atoms with Gasteiger partial charge in [0.1, 0.15) is 11.6 Å². The number of carbonyl (C=O) groups excluding carboxylic acids is 1. The van der Waals surface area contributed by atoms with Crippen LogP contribution >= 0.6 is 0 Å². The summed E-state index contributed by atoms with van der Waals surface area (Å²) in [7, 11) is 0. The fourth-order valence-corrected chi connectivity index (χ4v) is 5.96. The van der Waals surface area contributed by atoms with Gasteiger partial charge in [0, 0.05) is 31.4 Å². The Labute approximate surface area is 213 Å². The van der Waals surface area contributed by atoms with Gasteiger partial charge in [-0.3, -0.25) is 4.79 Å². The van der Waals surface area contributed by atoms with E-state index >= 15 is 0 Å². The molecular formula is C28H31F3N4O2. The van der Waals surface area contributed by atoms with Gasteiger partial charge in [0.25, 0.3) is 0 Å². The van der Waals surface area contributed by atoms with Crippen molar-refractivity contribution >= 4 is 22.6 Å². The fraction of sp³-hybridized carbons (Fsp3) is 0.464. The summed E-state index contributed by atoms with van der Waals surface area (Å²) in [6.45, 7) is 6.59. The van der Waals surface area contributed by atoms with Crippen molar-refractivity contribution in [2.75, 3.05) is 18.4 Å². The summed E-state index contributed by atoms with van der Waals surface area (Å²) < 4.78 is 39.7. The van der Waals surface area contributed by atoms with E-state index in [0.29, 0.717) is 41.0 Å². The van der Waals surface area contributed by atoms with Gasteiger partial charge in [0.05, 0.1) is 16.7 Å². The van der Waals surface area contributed by atoms with E-state index in [1.165, 1.54) is 6.07 Å². The molecule has 2 aromatic carbocycles. The quantitative estimate of drug-likeness (QED) is 0.466. The number of hydrogen-bond donors (Lipinski definition) is 2. The summed E-state index contributed by atoms with van der Waals surface area (Å²) >= 11 is 0. The first-order valence-electron chi connectivity index (χ1n) is 12.6. The van der Waals surface area contributed by atoms with Gasteiger partial charge in [0.15, 0.2) is 0 Å². The highest BCUT2D eigenvalue weighted by atomic mass is 19.4. The zero-order valence-corrected chi connectivity index (χ0v) is 21.2. The predicted molar refractivity (Wildman–Crippen MR) is 135 cm³/mol. The Hall–Kier alpha value is -3.20. The third-order valence-electron chi connectivity index (χ3n) is 8.02. The average Bonchev–Trinajstić information content (AvgIpc) is 2.82. The Kier molecular flexibility index (Phi) is 6.17. The van der Waals surface area contributed by atoms with Crippen molar-refractivity contribution < 1.29 is 23.1 Å². The van der Waals surface area contributed by atoms with E-state index in [4.69, 9.17) is 0 Å². The highest BCUT2D eigenvalue weighted by Crippen LogP contribution is 2.59. The second kappa shape index (κ2) is 8.97. The van der Waals surface area contributed by atoms with Crippen molar-refractivity contribution in [3.63, 3.8) is 0 Å². The number of alkyl halides is 3. The number of aryl methyl sites for hydroxylation is 1. The molecule has 1 aromatic heterocycles. The maximum absolute atomic E-state index is 13.2. The van der Waals surface area contributed by atoms with Crippen LogP contribution in [0.1, 0.15) is 68.1 Å². The standard InChI is InChI=1S/C28H31F3N4O2/c1-17(20-5-4-6-22(13-20)28(29,30)31)32-25-23-14-21(7-8-24(23)33-18(2)34-25)27(37)15-26(16-27)9-11-35(12-10-26)19(3)36/h4-8,13-14,17,37H,9-12,15-16H2,1-3H3,(H,32,33,34)/t17-/m0/s1. The number of piperidine rings is 1. The largest absolute Gasteiger partial charge is 0.416 e. The van der Waals surface area contributed by atoms with E-state index in [-0.39, 0.29) is 11.3 Å². The minimum absolute atomic E-state index is 0.0402. The third-order valence-corrected chi connectivity index (χ3v) is 8.02. The molecule has 196 valence electrons. The predicted octanol–water partition coefficient (Wildman–Crippen LogP) is 5.74. The number of nitrogens with zero attached hydrogens (tertiary/aromatic N) is 3. The number of hydrogen-bond acceptors (Lipinski definition) is 5. The Morgan fingerprint density at radius 3 is 2.46 bits per heavy atom. The molecule has 37 heavy (non-hydrogen) atoms. The summed E-state index contributed by atoms with van der Waals surface area (Å²) in [6.07, 6.45) is -1.39. The number of aromatic nitrogens is 2. The molecule has 0 radical (unpaired) electrons. The molecule has 1 saturated carbocycles. The van der Waals surface area contributed by atoms with Crippen LogP contribution in [-0.4, -0.2) is 39.0 Å². The molecule has 1 atom stereocenters. The molecule has 1 spiro atoms. The number of nitrogens with one attached hydrogen (secondary N) is 1. The SMILES string of the molecule is CC(=O)N1CCC2(CC1)CC(O)(c1ccc3nc(C)nc(N[C@@H](C)c4cccc(C(F)(F)F)c4)c3c1)C2. The summed E-state index contributed by atoms with van der Waals surface area (Å²) in [5.74, 6) is 1.15. The number of carbonyl (C=O) groups is 1. The maximum atomic E-state index is 13.2. The van der Waals surface area contributed by atoms with E-state index < -0.39 is 23.4 Å². The minimum Gasteiger partial charge on any atom is -0.385 e. The number of likely N-dealkylation sites (tertiary alicyclic amines) is 1. The molecule has 6 nitrogen and oxygen atoms in total. The fourth-order valence-electron chi connectivity index (χ4n) is 5.96. The molecule has 5 rings (SSSR count). The number of benzene rings is 2. The molecule has 1 saturated heterocycles. The van der Waals surface area contributed by atoms with Crippen LogP contribution in [-0.2, 0) is 16.6 Å². The Bertz CT molecular complexity index is 1340. The lowest BCUT2D eigenvalue weighted by atomic mass is 9.53. The molecule has 1 aliphatic carbocycles. The van der Waals surface area contributed by atoms with Crippen LogP contribution < -0.4 is 5.32 Å². The second-order valence-corrected chi connectivity index (χ2v) is 10.7. The van der Waals surface area contributed by atoms with Crippen molar-refractivity contribution in [3.05, 3.63) is 65.0 Å². The Morgan fingerprint density at radius 1 is 1.11 bits per heavy atom. The minimum atomic E-state index is -4.42. The molecule has 3 aromatic rings. The average molecular weight is 513 g/mol. The normalized spacial score (nSPS) is 19.5. The van der Waals surface area contributed by atoms with Gasteiger partial charge in [0.2, 0.25) is 5.91 Å². The highest BCUT2D eigenvalue weighted by molar-refractivity contribution is 5.90. The number of aliphatic hydroxyl groups is 1. The van der Waals surface area contributed by atoms with E-state index in [1.54, 1.807) is 26.8 Å². The van der Waals surface area contributed by atoms with Crippen LogP contribution in [0.15, 0.2) is 42.5 Å². The summed E-state index contributed by atoms with van der Waals surface area (Å²) in [4.78, 5) is 22.6. The van der Waals surface area contributed by atoms with Crippen LogP contribution in [0, 0.1) is 12.3 Å². The van der Waals surface area contributed by atoms with Crippen molar-refractivity contribution in [2.24, 2.45) is 5.41 Å². The molecule has 1 aliphatic heterocycles. The Balaban J connectivity index is 1.40. The van der Waals surface area contributed by atoms with E-state index in [9.17, 15) is 23.1 Å². The van der Waals surface area contributed by atoms with Crippen molar-refractivity contribution in [1.29, 1.82) is 0 Å². The van der Waals surface area contributed by atoms with Crippen LogP contribution in [0.4, 0.5) is 19.0 Å². The molecular weight excluding hydrogens is 481 g/mol. The molecule has 9 heteroatoms. The number of anilines is 1. The number of halogens is 3. The summed E-state index contributed by atoms with van der Waals surface area (Å²) in [5.41, 5.74) is 0.343. The first-order chi connectivity index (χ1) is 17.4. The lowest BCUT2D eigenvalue weighted by Gasteiger charge is -2.57. The molecule has 2 fully saturated rings. The van der Waals surface area contributed by atoms with Gasteiger partial charge in [-0.05, 0) is 80.3 Å². The zero-order valence-electron chi connectivity index (χ0n) is 21.2. The number of amides is 1. The number of rotatable bonds is 4. The van der Waals surface area contributed by atoms with Crippen molar-refractivity contribution in [1.82, 2.24) is 14.9 Å². The highest BCUT2D eigenvalue weighted by Gasteiger charge is 2.55. The first kappa shape index (κ1) is 25.4. The van der Waals surface area contributed by atoms with Gasteiger partial charge in [-0.1, -0.05) is 18.2 Å². The van der Waals surface area contributed by atoms with Gasteiger partial charge in [-0.2, -0.15) is 13.2 Å². The molecule has 2 aliphatic rings. The second-order valence-electron chi connectivity index (χ2n) is 10.7. The van der Waals surface area contributed by atoms with Crippen LogP contribution in [0.5, 0.6) is 0 Å². The third kappa shape index (κ3) is 4.89. The molecule has 1 amide bonds. The summed E-state index contributed by atoms with van der Waals surface area (Å²) in [6, 6.07) is 10.5. The van der Waals surface area contributed by atoms with E-state index in [0.717, 1.165) is 43.6 Å². The molecule has 2 N–H and O–H groups in total. The Morgan fingerprint density at radius 2 is 1.81 bits per heavy atom. The van der Waals surface area contributed by atoms with E-state index in [2.05, 4.69) is 15.3 Å². The van der Waals surface area contributed by atoms with Crippen LogP contribution in [0.2, 0.25) is 0 Å². The topological polar surface area (TPSA) is 78.4 Å².